The highest BCUT2D eigenvalue weighted by Crippen LogP contribution is 2.18. The van der Waals surface area contributed by atoms with Gasteiger partial charge in [0.05, 0.1) is 0 Å². The van der Waals surface area contributed by atoms with E-state index < -0.39 is 30.4 Å². The zero-order valence-electron chi connectivity index (χ0n) is 11.9. The number of nitrogens with one attached hydrogen (secondary N) is 1. The van der Waals surface area contributed by atoms with E-state index in [1.165, 1.54) is 6.92 Å². The first kappa shape index (κ1) is 16.6. The van der Waals surface area contributed by atoms with Crippen LogP contribution < -0.4 is 5.32 Å². The molecule has 0 aliphatic rings. The van der Waals surface area contributed by atoms with Crippen LogP contribution in [0.4, 0.5) is 0 Å². The summed E-state index contributed by atoms with van der Waals surface area (Å²) in [4.78, 5) is 38.6. The lowest BCUT2D eigenvalue weighted by Crippen LogP contribution is -2.42. The number of amides is 1. The van der Waals surface area contributed by atoms with Gasteiger partial charge in [-0.2, -0.15) is 0 Å². The summed E-state index contributed by atoms with van der Waals surface area (Å²) < 4.78 is 0. The lowest BCUT2D eigenvalue weighted by atomic mass is 10.1. The van der Waals surface area contributed by atoms with E-state index in [9.17, 15) is 14.4 Å². The van der Waals surface area contributed by atoms with Crippen LogP contribution in [0.15, 0.2) is 30.3 Å². The van der Waals surface area contributed by atoms with Gasteiger partial charge in [0.25, 0.3) is 5.91 Å². The Kier molecular flexibility index (Phi) is 6.35. The molecule has 0 heterocycles. The second kappa shape index (κ2) is 8.01. The van der Waals surface area contributed by atoms with Gasteiger partial charge >= 0.3 is 11.9 Å². The average molecular weight is 294 g/mol. The molecule has 1 rings (SSSR count). The van der Waals surface area contributed by atoms with Crippen LogP contribution in [-0.2, 0) is 19.2 Å². The van der Waals surface area contributed by atoms with E-state index in [2.05, 4.69) is 5.32 Å². The Morgan fingerprint density at radius 3 is 2.38 bits per heavy atom. The Morgan fingerprint density at radius 1 is 1.29 bits per heavy atom. The molecule has 0 saturated heterocycles. The van der Waals surface area contributed by atoms with Crippen LogP contribution in [0.2, 0.25) is 0 Å². The zero-order chi connectivity index (χ0) is 15.8. The van der Waals surface area contributed by atoms with E-state index >= 15 is 0 Å². The van der Waals surface area contributed by atoms with E-state index in [0.717, 1.165) is 10.6 Å². The van der Waals surface area contributed by atoms with Gasteiger partial charge < -0.3 is 9.94 Å². The Balaban J connectivity index is 2.96. The van der Waals surface area contributed by atoms with Crippen molar-refractivity contribution in [3.05, 3.63) is 35.9 Å². The van der Waals surface area contributed by atoms with E-state index in [-0.39, 0.29) is 0 Å². The van der Waals surface area contributed by atoms with Gasteiger partial charge in [-0.15, -0.1) is 5.06 Å². The highest BCUT2D eigenvalue weighted by Gasteiger charge is 2.26. The predicted molar refractivity (Wildman–Crippen MR) is 73.7 cm³/mol. The molecule has 7 heteroatoms. The van der Waals surface area contributed by atoms with Crippen LogP contribution in [0, 0.1) is 0 Å². The molecule has 1 atom stereocenters. The summed E-state index contributed by atoms with van der Waals surface area (Å²) in [5.74, 6) is -2.83. The first-order chi connectivity index (χ1) is 9.95. The van der Waals surface area contributed by atoms with Crippen LogP contribution >= 0.6 is 0 Å². The Hall–Kier alpha value is -2.41. The summed E-state index contributed by atoms with van der Waals surface area (Å²) in [5.41, 5.74) is 0.720. The van der Waals surface area contributed by atoms with Gasteiger partial charge in [-0.05, 0) is 12.1 Å². The molecule has 0 aliphatic carbocycles. The van der Waals surface area contributed by atoms with Crippen molar-refractivity contribution < 1.29 is 24.3 Å². The fraction of sp³-hybridized carbons (Fsp3) is 0.357. The molecule has 0 fully saturated rings. The number of hydrogen-bond acceptors (Lipinski definition) is 5. The van der Waals surface area contributed by atoms with Crippen molar-refractivity contribution in [2.75, 3.05) is 6.54 Å². The van der Waals surface area contributed by atoms with Gasteiger partial charge in [-0.1, -0.05) is 37.3 Å². The number of nitrogens with zero attached hydrogens (tertiary/aromatic N) is 1. The SMILES string of the molecule is CCNC(c1ccccc1)N(OC(=O)CC(=O)O)C(C)=O. The van der Waals surface area contributed by atoms with Crippen molar-refractivity contribution in [3.63, 3.8) is 0 Å². The molecule has 0 aromatic heterocycles. The standard InChI is InChI=1S/C14H18N2O5/c1-3-15-14(11-7-5-4-6-8-11)16(10(2)17)21-13(20)9-12(18)19/h4-8,14-15H,3,9H2,1-2H3,(H,18,19). The second-order valence-electron chi connectivity index (χ2n) is 4.25. The van der Waals surface area contributed by atoms with E-state index in [4.69, 9.17) is 9.94 Å². The van der Waals surface area contributed by atoms with E-state index in [0.29, 0.717) is 6.54 Å². The lowest BCUT2D eigenvalue weighted by Gasteiger charge is -2.29. The number of aliphatic carboxylic acids is 1. The maximum absolute atomic E-state index is 11.7. The van der Waals surface area contributed by atoms with Gasteiger partial charge in [-0.3, -0.25) is 14.9 Å². The average Bonchev–Trinajstić information content (AvgIpc) is 2.42. The fourth-order valence-electron chi connectivity index (χ4n) is 1.73. The minimum absolute atomic E-state index is 0.511. The molecule has 114 valence electrons. The first-order valence-corrected chi connectivity index (χ1v) is 6.46. The summed E-state index contributed by atoms with van der Waals surface area (Å²) in [6, 6.07) is 8.94. The topological polar surface area (TPSA) is 95.9 Å². The third-order valence-electron chi connectivity index (χ3n) is 2.55. The van der Waals surface area contributed by atoms with Crippen LogP contribution in [0.5, 0.6) is 0 Å². The number of hydrogen-bond donors (Lipinski definition) is 2. The van der Waals surface area contributed by atoms with Crippen LogP contribution in [0.25, 0.3) is 0 Å². The van der Waals surface area contributed by atoms with Gasteiger partial charge in [-0.25, -0.2) is 4.79 Å². The Morgan fingerprint density at radius 2 is 1.90 bits per heavy atom. The van der Waals surface area contributed by atoms with Gasteiger partial charge in [0, 0.05) is 6.92 Å². The third kappa shape index (κ3) is 5.23. The van der Waals surface area contributed by atoms with Gasteiger partial charge in [0.15, 0.2) is 0 Å². The summed E-state index contributed by atoms with van der Waals surface area (Å²) in [5, 5.41) is 12.4. The quantitative estimate of drug-likeness (QED) is 0.463. The number of carbonyl (C=O) groups is 3. The van der Waals surface area contributed by atoms with Crippen molar-refractivity contribution >= 4 is 17.8 Å². The number of carbonyl (C=O) groups excluding carboxylic acids is 2. The van der Waals surface area contributed by atoms with E-state index in [1.54, 1.807) is 24.3 Å². The molecule has 21 heavy (non-hydrogen) atoms. The summed E-state index contributed by atoms with van der Waals surface area (Å²) >= 11 is 0. The number of carboxylic acid groups (broad SMARTS) is 1. The molecule has 1 amide bonds. The number of rotatable bonds is 6. The van der Waals surface area contributed by atoms with Crippen molar-refractivity contribution in [3.8, 4) is 0 Å². The van der Waals surface area contributed by atoms with E-state index in [1.807, 2.05) is 13.0 Å². The van der Waals surface area contributed by atoms with Crippen molar-refractivity contribution in [2.24, 2.45) is 0 Å². The molecular weight excluding hydrogens is 276 g/mol. The molecule has 1 aromatic rings. The number of hydroxylamine groups is 2. The lowest BCUT2D eigenvalue weighted by molar-refractivity contribution is -0.210. The van der Waals surface area contributed by atoms with Crippen LogP contribution in [-0.4, -0.2) is 34.6 Å². The molecule has 0 saturated carbocycles. The van der Waals surface area contributed by atoms with Crippen LogP contribution in [0.1, 0.15) is 32.0 Å². The minimum Gasteiger partial charge on any atom is -0.481 e. The second-order valence-corrected chi connectivity index (χ2v) is 4.25. The van der Waals surface area contributed by atoms with Crippen LogP contribution in [0.3, 0.4) is 0 Å². The normalized spacial score (nSPS) is 11.5. The number of carboxylic acids is 1. The summed E-state index contributed by atoms with van der Waals surface area (Å²) in [6.45, 7) is 3.61. The highest BCUT2D eigenvalue weighted by atomic mass is 16.7. The smallest absolute Gasteiger partial charge is 0.343 e. The Labute approximate surface area is 122 Å². The maximum Gasteiger partial charge on any atom is 0.343 e. The molecule has 0 aliphatic heterocycles. The number of benzene rings is 1. The first-order valence-electron chi connectivity index (χ1n) is 6.46. The fourth-order valence-corrected chi connectivity index (χ4v) is 1.73. The summed E-state index contributed by atoms with van der Waals surface area (Å²) in [6.07, 6.45) is -1.48. The summed E-state index contributed by atoms with van der Waals surface area (Å²) in [7, 11) is 0. The Bertz CT molecular complexity index is 503. The molecule has 0 spiro atoms. The molecule has 0 bridgehead atoms. The minimum atomic E-state index is -1.32. The van der Waals surface area contributed by atoms with Crippen molar-refractivity contribution in [1.29, 1.82) is 0 Å². The maximum atomic E-state index is 11.7. The molecule has 0 radical (unpaired) electrons. The largest absolute Gasteiger partial charge is 0.481 e. The highest BCUT2D eigenvalue weighted by molar-refractivity contribution is 5.90. The third-order valence-corrected chi connectivity index (χ3v) is 2.55. The zero-order valence-corrected chi connectivity index (χ0v) is 11.9. The molecule has 2 N–H and O–H groups in total. The molecule has 7 nitrogen and oxygen atoms in total. The molecule has 1 aromatic carbocycles. The molecule has 1 unspecified atom stereocenters. The van der Waals surface area contributed by atoms with Crippen molar-refractivity contribution in [2.45, 2.75) is 26.4 Å². The predicted octanol–water partition coefficient (Wildman–Crippen LogP) is 1.08. The van der Waals surface area contributed by atoms with Gasteiger partial charge in [0.2, 0.25) is 0 Å². The monoisotopic (exact) mass is 294 g/mol. The van der Waals surface area contributed by atoms with Gasteiger partial charge in [0.1, 0.15) is 12.6 Å². The van der Waals surface area contributed by atoms with Crippen molar-refractivity contribution in [1.82, 2.24) is 10.4 Å². The molecular formula is C14H18N2O5.